The largest absolute Gasteiger partial charge is 0.497 e. The lowest BCUT2D eigenvalue weighted by molar-refractivity contribution is 0.0505. The third kappa shape index (κ3) is 3.06. The molecule has 130 valence electrons. The Kier molecular flexibility index (Phi) is 4.30. The van der Waals surface area contributed by atoms with Crippen molar-refractivity contribution < 1.29 is 14.3 Å². The molecule has 2 aliphatic rings. The molecule has 3 atom stereocenters. The summed E-state index contributed by atoms with van der Waals surface area (Å²) < 4.78 is 11.3. The molecule has 1 aliphatic heterocycles. The molecule has 1 aromatic heterocycles. The van der Waals surface area contributed by atoms with Crippen LogP contribution in [-0.4, -0.2) is 41.6 Å². The fourth-order valence-electron chi connectivity index (χ4n) is 4.14. The van der Waals surface area contributed by atoms with E-state index < -0.39 is 0 Å². The number of aromatic nitrogens is 1. The van der Waals surface area contributed by atoms with Gasteiger partial charge in [0.25, 0.3) is 5.91 Å². The van der Waals surface area contributed by atoms with E-state index in [1.165, 1.54) is 6.42 Å². The maximum Gasteiger partial charge on any atom is 0.254 e. The molecule has 2 aromatic rings. The summed E-state index contributed by atoms with van der Waals surface area (Å²) in [6.07, 6.45) is 6.70. The molecule has 25 heavy (non-hydrogen) atoms. The van der Waals surface area contributed by atoms with Crippen LogP contribution in [0, 0.1) is 5.92 Å². The predicted molar refractivity (Wildman–Crippen MR) is 93.8 cm³/mol. The smallest absolute Gasteiger partial charge is 0.254 e. The number of hydrogen-bond acceptors (Lipinski definition) is 4. The molecule has 1 saturated carbocycles. The van der Waals surface area contributed by atoms with Crippen molar-refractivity contribution in [1.29, 1.82) is 0 Å². The molecule has 4 rings (SSSR count). The van der Waals surface area contributed by atoms with Crippen LogP contribution in [0.15, 0.2) is 48.8 Å². The molecule has 0 unspecified atom stereocenters. The Balaban J connectivity index is 1.50. The van der Waals surface area contributed by atoms with Gasteiger partial charge in [0.05, 0.1) is 13.2 Å². The van der Waals surface area contributed by atoms with Crippen molar-refractivity contribution in [2.45, 2.75) is 31.3 Å². The molecule has 1 saturated heterocycles. The average molecular weight is 338 g/mol. The average Bonchev–Trinajstić information content (AvgIpc) is 3.28. The summed E-state index contributed by atoms with van der Waals surface area (Å²) in [5.74, 6) is 2.17. The highest BCUT2D eigenvalue weighted by Crippen LogP contribution is 2.43. The fourth-order valence-corrected chi connectivity index (χ4v) is 4.14. The van der Waals surface area contributed by atoms with Crippen LogP contribution in [0.2, 0.25) is 0 Å². The van der Waals surface area contributed by atoms with Gasteiger partial charge < -0.3 is 14.4 Å². The van der Waals surface area contributed by atoms with E-state index in [4.69, 9.17) is 9.47 Å². The Hall–Kier alpha value is -2.56. The molecular weight excluding hydrogens is 316 g/mol. The first kappa shape index (κ1) is 15.9. The van der Waals surface area contributed by atoms with Crippen molar-refractivity contribution in [2.75, 3.05) is 13.7 Å². The first-order valence-corrected chi connectivity index (χ1v) is 8.76. The highest BCUT2D eigenvalue weighted by atomic mass is 16.5. The van der Waals surface area contributed by atoms with Crippen LogP contribution in [-0.2, 0) is 0 Å². The molecule has 2 fully saturated rings. The van der Waals surface area contributed by atoms with Gasteiger partial charge >= 0.3 is 0 Å². The van der Waals surface area contributed by atoms with Crippen LogP contribution in [0.5, 0.6) is 11.5 Å². The zero-order valence-electron chi connectivity index (χ0n) is 14.3. The van der Waals surface area contributed by atoms with E-state index in [-0.39, 0.29) is 11.9 Å². The molecule has 0 spiro atoms. The lowest BCUT2D eigenvalue weighted by Crippen LogP contribution is -2.47. The molecule has 2 heterocycles. The molecule has 5 heteroatoms. The molecule has 0 N–H and O–H groups in total. The normalized spacial score (nSPS) is 24.4. The quantitative estimate of drug-likeness (QED) is 0.840. The number of benzene rings is 1. The fraction of sp³-hybridized carbons (Fsp3) is 0.400. The summed E-state index contributed by atoms with van der Waals surface area (Å²) in [4.78, 5) is 19.0. The predicted octanol–water partition coefficient (Wildman–Crippen LogP) is 3.16. The number of carbonyl (C=O) groups excluding carboxylic acids is 1. The van der Waals surface area contributed by atoms with Gasteiger partial charge in [-0.25, -0.2) is 0 Å². The van der Waals surface area contributed by atoms with Crippen LogP contribution in [0.4, 0.5) is 0 Å². The molecule has 5 nitrogen and oxygen atoms in total. The number of amides is 1. The number of fused-ring (bicyclic) bond motifs is 2. The number of piperidine rings is 1. The van der Waals surface area contributed by atoms with E-state index in [1.54, 1.807) is 31.6 Å². The molecule has 1 amide bonds. The van der Waals surface area contributed by atoms with Gasteiger partial charge in [0.15, 0.2) is 0 Å². The Morgan fingerprint density at radius 2 is 2.00 bits per heavy atom. The third-order valence-electron chi connectivity index (χ3n) is 5.36. The monoisotopic (exact) mass is 338 g/mol. The minimum absolute atomic E-state index is 0.0915. The SMILES string of the molecule is COc1cccc(OC[C@H]2[C@@H]3CC[C@@H](C3)N2C(=O)c2ccncc2)c1. The highest BCUT2D eigenvalue weighted by Gasteiger charge is 2.48. The van der Waals surface area contributed by atoms with Crippen molar-refractivity contribution in [3.63, 3.8) is 0 Å². The number of methoxy groups -OCH3 is 1. The number of likely N-dealkylation sites (tertiary alicyclic amines) is 1. The van der Waals surface area contributed by atoms with E-state index in [0.29, 0.717) is 24.1 Å². The highest BCUT2D eigenvalue weighted by molar-refractivity contribution is 5.94. The summed E-state index contributed by atoms with van der Waals surface area (Å²) in [6, 6.07) is 11.6. The van der Waals surface area contributed by atoms with E-state index >= 15 is 0 Å². The van der Waals surface area contributed by atoms with Crippen molar-refractivity contribution >= 4 is 5.91 Å². The van der Waals surface area contributed by atoms with Gasteiger partial charge in [-0.1, -0.05) is 6.07 Å². The number of carbonyl (C=O) groups is 1. The van der Waals surface area contributed by atoms with Crippen LogP contribution >= 0.6 is 0 Å². The zero-order valence-corrected chi connectivity index (χ0v) is 14.3. The van der Waals surface area contributed by atoms with Gasteiger partial charge in [-0.15, -0.1) is 0 Å². The minimum atomic E-state index is 0.0915. The summed E-state index contributed by atoms with van der Waals surface area (Å²) >= 11 is 0. The van der Waals surface area contributed by atoms with Crippen molar-refractivity contribution in [2.24, 2.45) is 5.92 Å². The lowest BCUT2D eigenvalue weighted by Gasteiger charge is -2.35. The van der Waals surface area contributed by atoms with Gasteiger partial charge in [0, 0.05) is 30.1 Å². The first-order valence-electron chi connectivity index (χ1n) is 8.76. The Bertz CT molecular complexity index is 750. The van der Waals surface area contributed by atoms with Crippen molar-refractivity contribution in [3.8, 4) is 11.5 Å². The number of pyridine rings is 1. The zero-order chi connectivity index (χ0) is 17.2. The van der Waals surface area contributed by atoms with Gasteiger partial charge in [0.2, 0.25) is 0 Å². The summed E-state index contributed by atoms with van der Waals surface area (Å²) in [5.41, 5.74) is 0.703. The van der Waals surface area contributed by atoms with Crippen LogP contribution in [0.25, 0.3) is 0 Å². The first-order chi connectivity index (χ1) is 12.3. The summed E-state index contributed by atoms with van der Waals surface area (Å²) in [6.45, 7) is 0.519. The topological polar surface area (TPSA) is 51.7 Å². The van der Waals surface area contributed by atoms with Crippen molar-refractivity contribution in [3.05, 3.63) is 54.4 Å². The summed E-state index contributed by atoms with van der Waals surface area (Å²) in [7, 11) is 1.64. The second-order valence-electron chi connectivity index (χ2n) is 6.73. The Morgan fingerprint density at radius 1 is 1.20 bits per heavy atom. The maximum absolute atomic E-state index is 13.0. The van der Waals surface area contributed by atoms with Crippen LogP contribution < -0.4 is 9.47 Å². The number of ether oxygens (including phenoxy) is 2. The maximum atomic E-state index is 13.0. The van der Waals surface area contributed by atoms with Crippen molar-refractivity contribution in [1.82, 2.24) is 9.88 Å². The van der Waals surface area contributed by atoms with E-state index in [2.05, 4.69) is 4.98 Å². The summed E-state index contributed by atoms with van der Waals surface area (Å²) in [5, 5.41) is 0. The van der Waals surface area contributed by atoms with Crippen LogP contribution in [0.3, 0.4) is 0 Å². The number of hydrogen-bond donors (Lipinski definition) is 0. The van der Waals surface area contributed by atoms with Gasteiger partial charge in [-0.2, -0.15) is 0 Å². The van der Waals surface area contributed by atoms with E-state index in [9.17, 15) is 4.79 Å². The lowest BCUT2D eigenvalue weighted by atomic mass is 9.98. The molecule has 1 aromatic carbocycles. The van der Waals surface area contributed by atoms with E-state index in [0.717, 1.165) is 24.3 Å². The van der Waals surface area contributed by atoms with Gasteiger partial charge in [-0.3, -0.25) is 9.78 Å². The second-order valence-corrected chi connectivity index (χ2v) is 6.73. The second kappa shape index (κ2) is 6.75. The minimum Gasteiger partial charge on any atom is -0.497 e. The molecular formula is C20H22N2O3. The van der Waals surface area contributed by atoms with Gasteiger partial charge in [0.1, 0.15) is 18.1 Å². The standard InChI is InChI=1S/C20H22N2O3/c1-24-17-3-2-4-18(12-17)25-13-19-15-5-6-16(11-15)22(19)20(23)14-7-9-21-10-8-14/h2-4,7-10,12,15-16,19H,5-6,11,13H2,1H3/t15-,16+,19+/m1/s1. The molecule has 1 aliphatic carbocycles. The number of nitrogens with zero attached hydrogens (tertiary/aromatic N) is 2. The third-order valence-corrected chi connectivity index (χ3v) is 5.36. The van der Waals surface area contributed by atoms with Gasteiger partial charge in [-0.05, 0) is 49.4 Å². The molecule has 2 bridgehead atoms. The Morgan fingerprint density at radius 3 is 2.80 bits per heavy atom. The number of rotatable bonds is 5. The Labute approximate surface area is 147 Å². The van der Waals surface area contributed by atoms with E-state index in [1.807, 2.05) is 29.2 Å². The molecule has 0 radical (unpaired) electrons. The van der Waals surface area contributed by atoms with Crippen LogP contribution in [0.1, 0.15) is 29.6 Å².